The topological polar surface area (TPSA) is 15.7 Å². The van der Waals surface area contributed by atoms with Crippen molar-refractivity contribution in [2.75, 3.05) is 23.0 Å². The van der Waals surface area contributed by atoms with Crippen LogP contribution in [0.4, 0.5) is 28.4 Å². The van der Waals surface area contributed by atoms with Gasteiger partial charge in [-0.05, 0) is 131 Å². The molecule has 1 fully saturated rings. The summed E-state index contributed by atoms with van der Waals surface area (Å²) < 4.78 is 6.09. The number of para-hydroxylation sites is 1. The Kier molecular flexibility index (Phi) is 8.56. The van der Waals surface area contributed by atoms with Crippen molar-refractivity contribution in [3.63, 3.8) is 0 Å². The van der Waals surface area contributed by atoms with Gasteiger partial charge >= 0.3 is 0 Å². The number of ether oxygens (including phenoxy) is 1. The van der Waals surface area contributed by atoms with Gasteiger partial charge in [0.25, 0.3) is 0 Å². The first kappa shape index (κ1) is 34.6. The van der Waals surface area contributed by atoms with Gasteiger partial charge in [0.1, 0.15) is 0 Å². The predicted octanol–water partition coefficient (Wildman–Crippen LogP) is 14.6. The molecule has 8 aromatic carbocycles. The molecule has 2 aliphatic carbocycles. The molecule has 3 heteroatoms. The molecule has 1 saturated heterocycles. The van der Waals surface area contributed by atoms with Crippen molar-refractivity contribution in [2.45, 2.75) is 31.1 Å². The fraction of sp³-hybridized carbons (Fsp3) is 0.127. The van der Waals surface area contributed by atoms with Crippen molar-refractivity contribution in [1.82, 2.24) is 0 Å². The van der Waals surface area contributed by atoms with E-state index in [1.807, 2.05) is 0 Å². The van der Waals surface area contributed by atoms with Crippen molar-refractivity contribution in [2.24, 2.45) is 0 Å². The van der Waals surface area contributed by atoms with Crippen molar-refractivity contribution in [3.8, 4) is 22.3 Å². The smallest absolute Gasteiger partial charge is 0.0540 e. The van der Waals surface area contributed by atoms with Crippen molar-refractivity contribution < 1.29 is 4.74 Å². The van der Waals surface area contributed by atoms with E-state index in [4.69, 9.17) is 4.74 Å². The highest BCUT2D eigenvalue weighted by atomic mass is 16.5. The van der Waals surface area contributed by atoms with Crippen molar-refractivity contribution in [1.29, 1.82) is 0 Å². The third-order valence-corrected chi connectivity index (χ3v) is 12.7. The molecule has 11 rings (SSSR count). The molecule has 0 radical (unpaired) electrons. The van der Waals surface area contributed by atoms with Gasteiger partial charge in [0.05, 0.1) is 11.4 Å². The lowest BCUT2D eigenvalue weighted by Gasteiger charge is -2.36. The lowest BCUT2D eigenvalue weighted by atomic mass is 9.72. The van der Waals surface area contributed by atoms with Crippen LogP contribution in [0.25, 0.3) is 43.8 Å². The van der Waals surface area contributed by atoms with Crippen LogP contribution >= 0.6 is 0 Å². The van der Waals surface area contributed by atoms with E-state index in [0.29, 0.717) is 0 Å². The highest BCUT2D eigenvalue weighted by Gasteiger charge is 2.45. The zero-order chi connectivity index (χ0) is 38.5. The summed E-state index contributed by atoms with van der Waals surface area (Å²) >= 11 is 0. The number of hydrogen-bond acceptors (Lipinski definition) is 3. The lowest BCUT2D eigenvalue weighted by molar-refractivity contribution is 0.0644. The average Bonchev–Trinajstić information content (AvgIpc) is 3.55. The van der Waals surface area contributed by atoms with Crippen LogP contribution in [0.5, 0.6) is 0 Å². The van der Waals surface area contributed by atoms with Crippen LogP contribution in [-0.4, -0.2) is 13.2 Å². The highest BCUT2D eigenvalue weighted by Crippen LogP contribution is 2.56. The van der Waals surface area contributed by atoms with Crippen LogP contribution in [0.3, 0.4) is 0 Å². The molecule has 0 aromatic heterocycles. The molecular weight excluding hydrogens is 705 g/mol. The molecule has 0 N–H and O–H groups in total. The van der Waals surface area contributed by atoms with Gasteiger partial charge in [-0.25, -0.2) is 0 Å². The molecule has 3 aliphatic rings. The Balaban J connectivity index is 0.996. The van der Waals surface area contributed by atoms with E-state index >= 15 is 0 Å². The maximum Gasteiger partial charge on any atom is 0.0540 e. The van der Waals surface area contributed by atoms with E-state index in [-0.39, 0.29) is 5.41 Å². The molecule has 3 nitrogen and oxygen atoms in total. The Labute approximate surface area is 340 Å². The third kappa shape index (κ3) is 5.77. The quantitative estimate of drug-likeness (QED) is 0.161. The molecular formula is C55H44N2O. The van der Waals surface area contributed by atoms with Gasteiger partial charge in [-0.1, -0.05) is 133 Å². The summed E-state index contributed by atoms with van der Waals surface area (Å²) in [6, 6.07) is 65.1. The van der Waals surface area contributed by atoms with Crippen LogP contribution in [0.15, 0.2) is 200 Å². The van der Waals surface area contributed by atoms with Crippen LogP contribution in [0.1, 0.15) is 36.8 Å². The molecule has 0 atom stereocenters. The largest absolute Gasteiger partial charge is 0.381 e. The van der Waals surface area contributed by atoms with Crippen LogP contribution in [-0.2, 0) is 10.2 Å². The lowest BCUT2D eigenvalue weighted by Crippen LogP contribution is -2.33. The summed E-state index contributed by atoms with van der Waals surface area (Å²) in [4.78, 5) is 4.90. The van der Waals surface area contributed by atoms with E-state index in [9.17, 15) is 0 Å². The molecule has 280 valence electrons. The van der Waals surface area contributed by atoms with Gasteiger partial charge in [0.15, 0.2) is 0 Å². The summed E-state index contributed by atoms with van der Waals surface area (Å²) in [5.74, 6) is 0. The molecule has 0 saturated carbocycles. The fourth-order valence-corrected chi connectivity index (χ4v) is 9.91. The summed E-state index contributed by atoms with van der Waals surface area (Å²) in [5, 5.41) is 4.99. The summed E-state index contributed by atoms with van der Waals surface area (Å²) in [5.41, 5.74) is 15.1. The minimum atomic E-state index is -0.123. The van der Waals surface area contributed by atoms with Gasteiger partial charge in [-0.3, -0.25) is 0 Å². The summed E-state index contributed by atoms with van der Waals surface area (Å²) in [6.07, 6.45) is 10.7. The number of benzene rings is 8. The first-order chi connectivity index (χ1) is 28.7. The van der Waals surface area contributed by atoms with Crippen molar-refractivity contribution in [3.05, 3.63) is 211 Å². The molecule has 1 heterocycles. The average molecular weight is 749 g/mol. The van der Waals surface area contributed by atoms with Gasteiger partial charge in [0, 0.05) is 52.2 Å². The number of anilines is 5. The molecule has 58 heavy (non-hydrogen) atoms. The molecule has 1 spiro atoms. The minimum Gasteiger partial charge on any atom is -0.381 e. The third-order valence-electron chi connectivity index (χ3n) is 12.7. The van der Waals surface area contributed by atoms with E-state index in [0.717, 1.165) is 44.6 Å². The van der Waals surface area contributed by atoms with E-state index in [1.165, 1.54) is 83.4 Å². The molecule has 0 unspecified atom stereocenters. The standard InChI is InChI=1S/C55H44N2O/c1-3-17-43(18-4-1)56(53-23-11-15-40-13-7-9-21-47(40)53)45-28-25-39(26-29-45)42-27-31-49-50-32-30-46(38-52(50)55(51(49)37-42)33-35-58-36-34-55)57(44-19-5-2-6-20-44)54-24-12-16-41-14-8-10-22-48(41)54/h1-3,5-17,19-32,37-38H,4,18,33-36H2. The molecule has 0 amide bonds. The molecule has 0 bridgehead atoms. The van der Waals surface area contributed by atoms with Crippen LogP contribution < -0.4 is 9.80 Å². The Bertz CT molecular complexity index is 2870. The first-order valence-electron chi connectivity index (χ1n) is 20.7. The number of hydrogen-bond donors (Lipinski definition) is 0. The van der Waals surface area contributed by atoms with E-state index < -0.39 is 0 Å². The van der Waals surface area contributed by atoms with Gasteiger partial charge < -0.3 is 14.5 Å². The number of nitrogens with zero attached hydrogens (tertiary/aromatic N) is 2. The summed E-state index contributed by atoms with van der Waals surface area (Å²) in [6.45, 7) is 1.51. The SMILES string of the molecule is C1=CCCC(N(c2ccc(-c3ccc4c(c3)C3(CCOCC3)c3cc(N(c5ccccc5)c5cccc6ccccc56)ccc3-4)cc2)c2cccc3ccccc23)=C1. The Morgan fingerprint density at radius 1 is 0.466 bits per heavy atom. The Morgan fingerprint density at radius 3 is 1.72 bits per heavy atom. The van der Waals surface area contributed by atoms with Gasteiger partial charge in [0.2, 0.25) is 0 Å². The van der Waals surface area contributed by atoms with Gasteiger partial charge in [-0.15, -0.1) is 0 Å². The molecule has 1 aliphatic heterocycles. The second-order valence-electron chi connectivity index (χ2n) is 15.9. The predicted molar refractivity (Wildman–Crippen MR) is 243 cm³/mol. The highest BCUT2D eigenvalue weighted by molar-refractivity contribution is 6.00. The Hall–Kier alpha value is -6.68. The maximum atomic E-state index is 6.09. The zero-order valence-corrected chi connectivity index (χ0v) is 32.5. The number of rotatable bonds is 7. The van der Waals surface area contributed by atoms with Gasteiger partial charge in [-0.2, -0.15) is 0 Å². The van der Waals surface area contributed by atoms with Crippen LogP contribution in [0.2, 0.25) is 0 Å². The first-order valence-corrected chi connectivity index (χ1v) is 20.7. The number of fused-ring (bicyclic) bond motifs is 7. The Morgan fingerprint density at radius 2 is 1.03 bits per heavy atom. The zero-order valence-electron chi connectivity index (χ0n) is 32.5. The number of allylic oxidation sites excluding steroid dienone is 4. The molecule has 8 aromatic rings. The minimum absolute atomic E-state index is 0.123. The normalized spacial score (nSPS) is 15.3. The fourth-order valence-electron chi connectivity index (χ4n) is 9.91. The van der Waals surface area contributed by atoms with E-state index in [1.54, 1.807) is 0 Å². The monoisotopic (exact) mass is 748 g/mol. The second-order valence-corrected chi connectivity index (χ2v) is 15.9. The van der Waals surface area contributed by atoms with Crippen LogP contribution in [0, 0.1) is 0 Å². The second kappa shape index (κ2) is 14.4. The van der Waals surface area contributed by atoms with E-state index in [2.05, 4.69) is 204 Å². The van der Waals surface area contributed by atoms with Crippen molar-refractivity contribution >= 4 is 50.0 Å². The maximum absolute atomic E-state index is 6.09. The summed E-state index contributed by atoms with van der Waals surface area (Å²) in [7, 11) is 0.